The molecule has 1 aliphatic carbocycles. The molecule has 2 aromatic carbocycles. The Bertz CT molecular complexity index is 769. The standard InChI is InChI=1S/C21H23N3/c22-14-17-8-2-3-9-18(17)15-24-16-21(12-6-1-7-13-21)23-19-10-4-5-11-20(19)24/h2-5,8-11,23H,1,6-7,12-13,15-16H2. The van der Waals surface area contributed by atoms with Gasteiger partial charge in [0.2, 0.25) is 0 Å². The minimum atomic E-state index is 0.189. The Kier molecular flexibility index (Phi) is 3.90. The number of hydrogen-bond acceptors (Lipinski definition) is 3. The summed E-state index contributed by atoms with van der Waals surface area (Å²) in [4.78, 5) is 2.47. The summed E-state index contributed by atoms with van der Waals surface area (Å²) in [5.74, 6) is 0. The first kappa shape index (κ1) is 15.1. The third kappa shape index (κ3) is 2.73. The van der Waals surface area contributed by atoms with Crippen LogP contribution in [0.5, 0.6) is 0 Å². The molecule has 2 aromatic rings. The van der Waals surface area contributed by atoms with Crippen LogP contribution in [0.1, 0.15) is 43.2 Å². The number of anilines is 2. The van der Waals surface area contributed by atoms with Crippen molar-refractivity contribution in [3.8, 4) is 6.07 Å². The van der Waals surface area contributed by atoms with Crippen molar-refractivity contribution in [2.24, 2.45) is 0 Å². The van der Waals surface area contributed by atoms with Gasteiger partial charge in [0.25, 0.3) is 0 Å². The average Bonchev–Trinajstić information content (AvgIpc) is 2.63. The largest absolute Gasteiger partial charge is 0.376 e. The molecule has 0 bridgehead atoms. The molecule has 0 unspecified atom stereocenters. The van der Waals surface area contributed by atoms with Crippen molar-refractivity contribution in [3.05, 3.63) is 59.7 Å². The molecule has 0 radical (unpaired) electrons. The van der Waals surface area contributed by atoms with Crippen molar-refractivity contribution >= 4 is 11.4 Å². The predicted octanol–water partition coefficient (Wildman–Crippen LogP) is 4.69. The van der Waals surface area contributed by atoms with Gasteiger partial charge >= 0.3 is 0 Å². The van der Waals surface area contributed by atoms with Crippen LogP contribution in [0.15, 0.2) is 48.5 Å². The molecule has 1 fully saturated rings. The molecule has 122 valence electrons. The predicted molar refractivity (Wildman–Crippen MR) is 98.1 cm³/mol. The average molecular weight is 317 g/mol. The Morgan fingerprint density at radius 3 is 2.58 bits per heavy atom. The molecule has 1 heterocycles. The molecule has 3 heteroatoms. The minimum Gasteiger partial charge on any atom is -0.376 e. The molecule has 0 amide bonds. The highest BCUT2D eigenvalue weighted by Crippen LogP contribution is 2.41. The second-order valence-corrected chi connectivity index (χ2v) is 7.11. The Hall–Kier alpha value is -2.47. The Labute approximate surface area is 143 Å². The molecule has 0 saturated heterocycles. The van der Waals surface area contributed by atoms with Crippen LogP contribution in [0.4, 0.5) is 11.4 Å². The zero-order valence-electron chi connectivity index (χ0n) is 14.0. The Balaban J connectivity index is 1.69. The quantitative estimate of drug-likeness (QED) is 0.873. The van der Waals surface area contributed by atoms with Gasteiger partial charge in [-0.05, 0) is 36.6 Å². The maximum atomic E-state index is 9.40. The number of nitrogens with one attached hydrogen (secondary N) is 1. The highest BCUT2D eigenvalue weighted by atomic mass is 15.2. The van der Waals surface area contributed by atoms with E-state index in [9.17, 15) is 5.26 Å². The lowest BCUT2D eigenvalue weighted by Gasteiger charge is -2.48. The lowest BCUT2D eigenvalue weighted by Crippen LogP contribution is -2.53. The third-order valence-electron chi connectivity index (χ3n) is 5.45. The Morgan fingerprint density at radius 1 is 1.00 bits per heavy atom. The summed E-state index contributed by atoms with van der Waals surface area (Å²) >= 11 is 0. The summed E-state index contributed by atoms with van der Waals surface area (Å²) in [5, 5.41) is 13.3. The van der Waals surface area contributed by atoms with Crippen LogP contribution in [0.2, 0.25) is 0 Å². The van der Waals surface area contributed by atoms with E-state index in [0.717, 1.165) is 24.2 Å². The first-order valence-electron chi connectivity index (χ1n) is 8.90. The summed E-state index contributed by atoms with van der Waals surface area (Å²) in [5.41, 5.74) is 4.57. The number of fused-ring (bicyclic) bond motifs is 1. The smallest absolute Gasteiger partial charge is 0.0995 e. The maximum Gasteiger partial charge on any atom is 0.0995 e. The molecule has 0 atom stereocenters. The van der Waals surface area contributed by atoms with Gasteiger partial charge in [0.05, 0.1) is 28.5 Å². The minimum absolute atomic E-state index is 0.189. The van der Waals surface area contributed by atoms with Gasteiger partial charge in [0.1, 0.15) is 0 Å². The van der Waals surface area contributed by atoms with Crippen molar-refractivity contribution in [3.63, 3.8) is 0 Å². The van der Waals surface area contributed by atoms with Gasteiger partial charge in [0, 0.05) is 13.1 Å². The first-order valence-corrected chi connectivity index (χ1v) is 8.90. The monoisotopic (exact) mass is 317 g/mol. The van der Waals surface area contributed by atoms with Crippen LogP contribution >= 0.6 is 0 Å². The maximum absolute atomic E-state index is 9.40. The lowest BCUT2D eigenvalue weighted by atomic mass is 9.79. The van der Waals surface area contributed by atoms with Crippen molar-refractivity contribution in [2.75, 3.05) is 16.8 Å². The van der Waals surface area contributed by atoms with E-state index in [2.05, 4.69) is 46.6 Å². The number of benzene rings is 2. The molecule has 1 spiro atoms. The van der Waals surface area contributed by atoms with E-state index < -0.39 is 0 Å². The molecule has 0 aromatic heterocycles. The number of nitriles is 1. The van der Waals surface area contributed by atoms with E-state index in [4.69, 9.17) is 0 Å². The zero-order chi connectivity index (χ0) is 16.4. The first-order chi connectivity index (χ1) is 11.8. The van der Waals surface area contributed by atoms with Crippen molar-refractivity contribution in [1.82, 2.24) is 0 Å². The van der Waals surface area contributed by atoms with Crippen molar-refractivity contribution < 1.29 is 0 Å². The van der Waals surface area contributed by atoms with Crippen LogP contribution in [0.3, 0.4) is 0 Å². The van der Waals surface area contributed by atoms with Crippen LogP contribution < -0.4 is 10.2 Å². The number of hydrogen-bond donors (Lipinski definition) is 1. The van der Waals surface area contributed by atoms with Gasteiger partial charge in [-0.1, -0.05) is 49.6 Å². The molecule has 24 heavy (non-hydrogen) atoms. The fraction of sp³-hybridized carbons (Fsp3) is 0.381. The lowest BCUT2D eigenvalue weighted by molar-refractivity contribution is 0.318. The topological polar surface area (TPSA) is 39.1 Å². The molecule has 1 aliphatic heterocycles. The molecule has 1 N–H and O–H groups in total. The van der Waals surface area contributed by atoms with Gasteiger partial charge < -0.3 is 10.2 Å². The number of para-hydroxylation sites is 2. The van der Waals surface area contributed by atoms with E-state index >= 15 is 0 Å². The normalized spacial score (nSPS) is 18.5. The van der Waals surface area contributed by atoms with Crippen molar-refractivity contribution in [2.45, 2.75) is 44.2 Å². The van der Waals surface area contributed by atoms with Gasteiger partial charge in [-0.15, -0.1) is 0 Å². The van der Waals surface area contributed by atoms with Crippen molar-refractivity contribution in [1.29, 1.82) is 5.26 Å². The number of rotatable bonds is 2. The zero-order valence-corrected chi connectivity index (χ0v) is 14.0. The van der Waals surface area contributed by atoms with Gasteiger partial charge in [-0.25, -0.2) is 0 Å². The highest BCUT2D eigenvalue weighted by molar-refractivity contribution is 5.73. The molecule has 4 rings (SSSR count). The fourth-order valence-electron chi connectivity index (χ4n) is 4.26. The molecule has 1 saturated carbocycles. The highest BCUT2D eigenvalue weighted by Gasteiger charge is 2.38. The van der Waals surface area contributed by atoms with E-state index in [1.807, 2.05) is 18.2 Å². The second kappa shape index (κ2) is 6.20. The molecule has 3 nitrogen and oxygen atoms in total. The van der Waals surface area contributed by atoms with E-state index in [1.165, 1.54) is 43.5 Å². The summed E-state index contributed by atoms with van der Waals surface area (Å²) in [6.45, 7) is 1.81. The summed E-state index contributed by atoms with van der Waals surface area (Å²) in [6, 6.07) is 18.9. The van der Waals surface area contributed by atoms with Crippen LogP contribution in [0.25, 0.3) is 0 Å². The summed E-state index contributed by atoms with van der Waals surface area (Å²) < 4.78 is 0. The van der Waals surface area contributed by atoms with E-state index in [0.29, 0.717) is 0 Å². The number of nitrogens with zero attached hydrogens (tertiary/aromatic N) is 2. The summed E-state index contributed by atoms with van der Waals surface area (Å²) in [7, 11) is 0. The van der Waals surface area contributed by atoms with Crippen LogP contribution in [-0.4, -0.2) is 12.1 Å². The molecular weight excluding hydrogens is 294 g/mol. The third-order valence-corrected chi connectivity index (χ3v) is 5.45. The molecular formula is C21H23N3. The van der Waals surface area contributed by atoms with Crippen LogP contribution in [-0.2, 0) is 6.54 Å². The summed E-state index contributed by atoms with van der Waals surface area (Å²) in [6.07, 6.45) is 6.42. The fourth-order valence-corrected chi connectivity index (χ4v) is 4.26. The van der Waals surface area contributed by atoms with E-state index in [-0.39, 0.29) is 5.54 Å². The second-order valence-electron chi connectivity index (χ2n) is 7.11. The Morgan fingerprint density at radius 2 is 1.75 bits per heavy atom. The van der Waals surface area contributed by atoms with E-state index in [1.54, 1.807) is 0 Å². The van der Waals surface area contributed by atoms with Crippen LogP contribution in [0, 0.1) is 11.3 Å². The molecule has 2 aliphatic rings. The van der Waals surface area contributed by atoms with Gasteiger partial charge in [-0.2, -0.15) is 5.26 Å². The SMILES string of the molecule is N#Cc1ccccc1CN1CC2(CCCCC2)Nc2ccccc21. The van der Waals surface area contributed by atoms with Gasteiger partial charge in [-0.3, -0.25) is 0 Å². The van der Waals surface area contributed by atoms with Gasteiger partial charge in [0.15, 0.2) is 0 Å².